The average Bonchev–Trinajstić information content (AvgIpc) is 3.21. The van der Waals surface area contributed by atoms with Gasteiger partial charge in [0.05, 0.1) is 0 Å². The van der Waals surface area contributed by atoms with Crippen molar-refractivity contribution in [2.45, 2.75) is 32.9 Å². The molecule has 9 heteroatoms. The summed E-state index contributed by atoms with van der Waals surface area (Å²) in [5.41, 5.74) is 1.49. The zero-order valence-corrected chi connectivity index (χ0v) is 17.4. The van der Waals surface area contributed by atoms with Gasteiger partial charge in [0.25, 0.3) is 11.8 Å². The van der Waals surface area contributed by atoms with E-state index in [0.29, 0.717) is 19.6 Å². The van der Waals surface area contributed by atoms with Crippen LogP contribution in [0.5, 0.6) is 0 Å². The third-order valence-corrected chi connectivity index (χ3v) is 4.59. The number of nitrogens with zero attached hydrogens (tertiary/aromatic N) is 3. The molecule has 0 unspecified atom stereocenters. The lowest BCUT2D eigenvalue weighted by atomic mass is 10.1. The summed E-state index contributed by atoms with van der Waals surface area (Å²) >= 11 is 0. The number of amides is 2. The van der Waals surface area contributed by atoms with E-state index in [1.165, 1.54) is 12.1 Å². The second-order valence-corrected chi connectivity index (χ2v) is 8.03. The van der Waals surface area contributed by atoms with Crippen LogP contribution in [-0.2, 0) is 11.3 Å². The Hall–Kier alpha value is -3.36. The van der Waals surface area contributed by atoms with E-state index in [1.54, 1.807) is 4.90 Å². The molecule has 0 bridgehead atoms. The third kappa shape index (κ3) is 5.59. The van der Waals surface area contributed by atoms with Gasteiger partial charge in [-0.15, -0.1) is 4.91 Å². The molecule has 0 spiro atoms. The van der Waals surface area contributed by atoms with Gasteiger partial charge in [-0.2, -0.15) is 0 Å². The molecule has 1 aliphatic rings. The highest BCUT2D eigenvalue weighted by molar-refractivity contribution is 5.91. The molecule has 1 aromatic carbocycles. The van der Waals surface area contributed by atoms with Gasteiger partial charge in [-0.1, -0.05) is 12.1 Å². The van der Waals surface area contributed by atoms with Crippen molar-refractivity contribution in [3.8, 4) is 0 Å². The van der Waals surface area contributed by atoms with E-state index in [4.69, 9.17) is 9.15 Å². The first kappa shape index (κ1) is 21.4. The van der Waals surface area contributed by atoms with Gasteiger partial charge in [-0.3, -0.25) is 4.79 Å². The van der Waals surface area contributed by atoms with Gasteiger partial charge in [0, 0.05) is 49.7 Å². The first-order valence-corrected chi connectivity index (χ1v) is 9.78. The summed E-state index contributed by atoms with van der Waals surface area (Å²) in [6.45, 7) is 8.57. The molecule has 2 aromatic rings. The first-order valence-electron chi connectivity index (χ1n) is 9.78. The molecule has 2 heterocycles. The van der Waals surface area contributed by atoms with Crippen LogP contribution in [0.4, 0.5) is 16.4 Å². The van der Waals surface area contributed by atoms with E-state index >= 15 is 0 Å². The van der Waals surface area contributed by atoms with Crippen LogP contribution in [0.2, 0.25) is 0 Å². The van der Waals surface area contributed by atoms with Crippen molar-refractivity contribution in [2.24, 2.45) is 5.18 Å². The van der Waals surface area contributed by atoms with Crippen molar-refractivity contribution in [1.29, 1.82) is 0 Å². The topological polar surface area (TPSA) is 104 Å². The van der Waals surface area contributed by atoms with Crippen molar-refractivity contribution >= 4 is 23.6 Å². The van der Waals surface area contributed by atoms with Gasteiger partial charge in [0.2, 0.25) is 0 Å². The van der Waals surface area contributed by atoms with E-state index in [9.17, 15) is 14.5 Å². The number of rotatable bonds is 5. The molecule has 0 saturated carbocycles. The number of ether oxygens (including phenoxy) is 1. The molecule has 30 heavy (non-hydrogen) atoms. The molecular formula is C21H26N4O5. The van der Waals surface area contributed by atoms with Crippen molar-refractivity contribution in [3.05, 3.63) is 52.6 Å². The van der Waals surface area contributed by atoms with Gasteiger partial charge in [-0.25, -0.2) is 4.79 Å². The average molecular weight is 414 g/mol. The van der Waals surface area contributed by atoms with Crippen LogP contribution in [0.3, 0.4) is 0 Å². The molecule has 1 fully saturated rings. The standard InChI is InChI=1S/C21H26N4O5/c1-21(2,3)30-20(27)25-12-10-24(11-13-25)16-6-4-15(5-7-16)14-22-19(26)17-8-9-18(23-28)29-17/h4-9H,10-14H2,1-3H3,(H,22,26). The van der Waals surface area contributed by atoms with Crippen molar-refractivity contribution in [1.82, 2.24) is 10.2 Å². The molecule has 9 nitrogen and oxygen atoms in total. The Morgan fingerprint density at radius 2 is 1.73 bits per heavy atom. The maximum atomic E-state index is 12.2. The summed E-state index contributed by atoms with van der Waals surface area (Å²) < 4.78 is 10.4. The van der Waals surface area contributed by atoms with Crippen LogP contribution in [0.15, 0.2) is 46.0 Å². The van der Waals surface area contributed by atoms with Crippen molar-refractivity contribution in [3.63, 3.8) is 0 Å². The molecule has 2 amide bonds. The number of nitroso groups, excluding NO2 is 1. The number of carbonyl (C=O) groups excluding carboxylic acids is 2. The smallest absolute Gasteiger partial charge is 0.410 e. The normalized spacial score (nSPS) is 14.4. The minimum absolute atomic E-state index is 0.0454. The number of carbonyl (C=O) groups is 2. The number of hydrogen-bond acceptors (Lipinski definition) is 7. The zero-order chi connectivity index (χ0) is 21.7. The van der Waals surface area contributed by atoms with Gasteiger partial charge in [-0.05, 0) is 44.5 Å². The van der Waals surface area contributed by atoms with Crippen LogP contribution in [0.25, 0.3) is 0 Å². The Morgan fingerprint density at radius 3 is 2.30 bits per heavy atom. The van der Waals surface area contributed by atoms with Crippen LogP contribution < -0.4 is 10.2 Å². The van der Waals surface area contributed by atoms with Crippen molar-refractivity contribution < 1.29 is 18.7 Å². The predicted octanol–water partition coefficient (Wildman–Crippen LogP) is 3.66. The Bertz CT molecular complexity index is 893. The van der Waals surface area contributed by atoms with E-state index in [2.05, 4.69) is 15.4 Å². The molecule has 160 valence electrons. The van der Waals surface area contributed by atoms with E-state index in [0.717, 1.165) is 24.3 Å². The van der Waals surface area contributed by atoms with Crippen LogP contribution in [0.1, 0.15) is 36.9 Å². The predicted molar refractivity (Wildman–Crippen MR) is 112 cm³/mol. The number of nitrogens with one attached hydrogen (secondary N) is 1. The Balaban J connectivity index is 1.48. The van der Waals surface area contributed by atoms with Crippen LogP contribution in [-0.4, -0.2) is 48.7 Å². The van der Waals surface area contributed by atoms with E-state index < -0.39 is 11.5 Å². The van der Waals surface area contributed by atoms with Crippen LogP contribution >= 0.6 is 0 Å². The second kappa shape index (κ2) is 8.98. The fourth-order valence-corrected chi connectivity index (χ4v) is 3.07. The Kier molecular flexibility index (Phi) is 6.39. The zero-order valence-electron chi connectivity index (χ0n) is 17.4. The Labute approximate surface area is 174 Å². The summed E-state index contributed by atoms with van der Waals surface area (Å²) in [4.78, 5) is 38.5. The maximum Gasteiger partial charge on any atom is 0.410 e. The summed E-state index contributed by atoms with van der Waals surface area (Å²) in [5, 5.41) is 5.39. The SMILES string of the molecule is CC(C)(C)OC(=O)N1CCN(c2ccc(CNC(=O)c3ccc(N=O)o3)cc2)CC1. The number of anilines is 1. The molecule has 0 atom stereocenters. The fraction of sp³-hybridized carbons (Fsp3) is 0.429. The summed E-state index contributed by atoms with van der Waals surface area (Å²) in [6, 6.07) is 10.6. The van der Waals surface area contributed by atoms with Crippen molar-refractivity contribution in [2.75, 3.05) is 31.1 Å². The fourth-order valence-electron chi connectivity index (χ4n) is 3.07. The minimum atomic E-state index is -0.496. The third-order valence-electron chi connectivity index (χ3n) is 4.59. The lowest BCUT2D eigenvalue weighted by molar-refractivity contribution is 0.0240. The largest absolute Gasteiger partial charge is 0.444 e. The first-order chi connectivity index (χ1) is 14.2. The molecule has 0 aliphatic carbocycles. The summed E-state index contributed by atoms with van der Waals surface area (Å²) in [6.07, 6.45) is -0.277. The highest BCUT2D eigenvalue weighted by Gasteiger charge is 2.25. The second-order valence-electron chi connectivity index (χ2n) is 8.03. The lowest BCUT2D eigenvalue weighted by Crippen LogP contribution is -2.50. The van der Waals surface area contributed by atoms with Gasteiger partial charge >= 0.3 is 6.09 Å². The summed E-state index contributed by atoms with van der Waals surface area (Å²) in [7, 11) is 0. The number of hydrogen-bond donors (Lipinski definition) is 1. The highest BCUT2D eigenvalue weighted by atomic mass is 16.6. The number of benzene rings is 1. The molecule has 0 radical (unpaired) electrons. The number of piperazine rings is 1. The molecule has 1 aromatic heterocycles. The lowest BCUT2D eigenvalue weighted by Gasteiger charge is -2.36. The van der Waals surface area contributed by atoms with Gasteiger partial charge in [0.1, 0.15) is 5.60 Å². The molecular weight excluding hydrogens is 388 g/mol. The van der Waals surface area contributed by atoms with E-state index in [-0.39, 0.29) is 17.7 Å². The minimum Gasteiger partial charge on any atom is -0.444 e. The Morgan fingerprint density at radius 1 is 1.07 bits per heavy atom. The summed E-state index contributed by atoms with van der Waals surface area (Å²) in [5.74, 6) is -0.493. The molecule has 1 N–H and O–H groups in total. The monoisotopic (exact) mass is 414 g/mol. The van der Waals surface area contributed by atoms with E-state index in [1.807, 2.05) is 45.0 Å². The molecule has 1 saturated heterocycles. The molecule has 1 aliphatic heterocycles. The number of furan rings is 1. The maximum absolute atomic E-state index is 12.2. The highest BCUT2D eigenvalue weighted by Crippen LogP contribution is 2.19. The quantitative estimate of drug-likeness (QED) is 0.749. The van der Waals surface area contributed by atoms with Crippen LogP contribution in [0, 0.1) is 4.91 Å². The molecule has 3 rings (SSSR count). The van der Waals surface area contributed by atoms with Gasteiger partial charge in [0.15, 0.2) is 5.76 Å². The van der Waals surface area contributed by atoms with Gasteiger partial charge < -0.3 is 24.3 Å².